The molecule has 0 aliphatic rings. The van der Waals surface area contributed by atoms with Gasteiger partial charge in [0.1, 0.15) is 5.54 Å². The van der Waals surface area contributed by atoms with Crippen molar-refractivity contribution in [3.63, 3.8) is 0 Å². The molecule has 5 heteroatoms. The van der Waals surface area contributed by atoms with Gasteiger partial charge in [-0.25, -0.2) is 13.6 Å². The summed E-state index contributed by atoms with van der Waals surface area (Å²) in [6.07, 6.45) is 0. The van der Waals surface area contributed by atoms with E-state index in [1.54, 1.807) is 0 Å². The van der Waals surface area contributed by atoms with E-state index in [4.69, 9.17) is 10.8 Å². The molecule has 0 saturated carbocycles. The summed E-state index contributed by atoms with van der Waals surface area (Å²) in [7, 11) is 0. The van der Waals surface area contributed by atoms with E-state index in [1.807, 2.05) is 0 Å². The number of nitrogens with two attached hydrogens (primary N) is 1. The fourth-order valence-corrected chi connectivity index (χ4v) is 0.943. The Balaban J connectivity index is 3.21. The summed E-state index contributed by atoms with van der Waals surface area (Å²) in [6.45, 7) is 1.21. The van der Waals surface area contributed by atoms with Crippen LogP contribution in [0.5, 0.6) is 0 Å². The van der Waals surface area contributed by atoms with Gasteiger partial charge in [-0.3, -0.25) is 0 Å². The summed E-state index contributed by atoms with van der Waals surface area (Å²) in [6, 6.07) is 2.77. The van der Waals surface area contributed by atoms with Crippen molar-refractivity contribution in [3.05, 3.63) is 35.4 Å². The zero-order valence-corrected chi connectivity index (χ0v) is 7.42. The third-order valence-corrected chi connectivity index (χ3v) is 1.96. The van der Waals surface area contributed by atoms with Gasteiger partial charge in [0, 0.05) is 0 Å². The fraction of sp³-hybridized carbons (Fsp3) is 0.222. The van der Waals surface area contributed by atoms with Crippen LogP contribution < -0.4 is 5.73 Å². The molecule has 1 aromatic rings. The zero-order valence-electron chi connectivity index (χ0n) is 7.42. The molecule has 0 heterocycles. The van der Waals surface area contributed by atoms with Gasteiger partial charge in [-0.2, -0.15) is 0 Å². The van der Waals surface area contributed by atoms with Crippen LogP contribution in [0.1, 0.15) is 12.5 Å². The molecule has 1 rings (SSSR count). The summed E-state index contributed by atoms with van der Waals surface area (Å²) < 4.78 is 25.3. The van der Waals surface area contributed by atoms with Gasteiger partial charge in [-0.05, 0) is 24.6 Å². The van der Waals surface area contributed by atoms with Crippen LogP contribution in [-0.2, 0) is 10.3 Å². The third-order valence-electron chi connectivity index (χ3n) is 1.96. The van der Waals surface area contributed by atoms with Gasteiger partial charge in [0.2, 0.25) is 0 Å². The largest absolute Gasteiger partial charge is 0.480 e. The molecule has 0 bridgehead atoms. The van der Waals surface area contributed by atoms with Crippen molar-refractivity contribution in [2.75, 3.05) is 0 Å². The second-order valence-corrected chi connectivity index (χ2v) is 3.14. The molecule has 0 aliphatic heterocycles. The molecule has 0 radical (unpaired) electrons. The van der Waals surface area contributed by atoms with E-state index in [0.29, 0.717) is 0 Å². The predicted octanol–water partition coefficient (Wildman–Crippen LogP) is 1.22. The highest BCUT2D eigenvalue weighted by Gasteiger charge is 2.30. The molecule has 0 aliphatic carbocycles. The number of hydrogen-bond donors (Lipinski definition) is 2. The van der Waals surface area contributed by atoms with Gasteiger partial charge >= 0.3 is 5.97 Å². The lowest BCUT2D eigenvalue weighted by Crippen LogP contribution is -2.41. The summed E-state index contributed by atoms with van der Waals surface area (Å²) in [5.74, 6) is -3.45. The van der Waals surface area contributed by atoms with Crippen molar-refractivity contribution < 1.29 is 18.7 Å². The zero-order chi connectivity index (χ0) is 10.9. The number of carboxylic acids is 1. The fourth-order valence-electron chi connectivity index (χ4n) is 0.943. The van der Waals surface area contributed by atoms with Crippen LogP contribution in [0.4, 0.5) is 8.78 Å². The van der Waals surface area contributed by atoms with E-state index in [-0.39, 0.29) is 5.56 Å². The highest BCUT2D eigenvalue weighted by atomic mass is 19.2. The molecule has 76 valence electrons. The standard InChI is InChI=1S/C9H9F2NO2/c1-9(12,8(13)14)5-2-3-6(10)7(11)4-5/h2-4H,12H2,1H3,(H,13,14). The number of carbonyl (C=O) groups is 1. The third kappa shape index (κ3) is 1.72. The van der Waals surface area contributed by atoms with Gasteiger partial charge in [-0.1, -0.05) is 6.07 Å². The maximum Gasteiger partial charge on any atom is 0.328 e. The van der Waals surface area contributed by atoms with E-state index in [1.165, 1.54) is 6.92 Å². The molecular weight excluding hydrogens is 192 g/mol. The average Bonchev–Trinajstić information content (AvgIpc) is 2.09. The minimum atomic E-state index is -1.71. The molecule has 1 atom stereocenters. The number of halogens is 2. The van der Waals surface area contributed by atoms with Crippen molar-refractivity contribution >= 4 is 5.97 Å². The van der Waals surface area contributed by atoms with E-state index >= 15 is 0 Å². The van der Waals surface area contributed by atoms with Crippen LogP contribution in [0.2, 0.25) is 0 Å². The van der Waals surface area contributed by atoms with Gasteiger partial charge < -0.3 is 10.8 Å². The van der Waals surface area contributed by atoms with Crippen molar-refractivity contribution in [2.24, 2.45) is 5.73 Å². The van der Waals surface area contributed by atoms with Crippen molar-refractivity contribution in [1.82, 2.24) is 0 Å². The molecule has 0 aromatic heterocycles. The van der Waals surface area contributed by atoms with Gasteiger partial charge in [0.15, 0.2) is 11.6 Å². The molecule has 1 aromatic carbocycles. The minimum Gasteiger partial charge on any atom is -0.480 e. The van der Waals surface area contributed by atoms with Gasteiger partial charge in [0.25, 0.3) is 0 Å². The molecule has 1 unspecified atom stereocenters. The van der Waals surface area contributed by atoms with Crippen LogP contribution in [0.25, 0.3) is 0 Å². The molecule has 0 fully saturated rings. The van der Waals surface area contributed by atoms with E-state index in [0.717, 1.165) is 18.2 Å². The Morgan fingerprint density at radius 1 is 1.43 bits per heavy atom. The molecule has 14 heavy (non-hydrogen) atoms. The SMILES string of the molecule is CC(N)(C(=O)O)c1ccc(F)c(F)c1. The Morgan fingerprint density at radius 3 is 2.43 bits per heavy atom. The Kier molecular flexibility index (Phi) is 2.53. The number of benzene rings is 1. The molecule has 0 amide bonds. The van der Waals surface area contributed by atoms with E-state index in [2.05, 4.69) is 0 Å². The summed E-state index contributed by atoms with van der Waals surface area (Å²) >= 11 is 0. The van der Waals surface area contributed by atoms with Crippen LogP contribution in [-0.4, -0.2) is 11.1 Å². The lowest BCUT2D eigenvalue weighted by atomic mass is 9.93. The van der Waals surface area contributed by atoms with Crippen molar-refractivity contribution in [2.45, 2.75) is 12.5 Å². The molecular formula is C9H9F2NO2. The van der Waals surface area contributed by atoms with E-state index in [9.17, 15) is 13.6 Å². The molecule has 3 N–H and O–H groups in total. The first-order valence-corrected chi connectivity index (χ1v) is 3.83. The van der Waals surface area contributed by atoms with Crippen LogP contribution >= 0.6 is 0 Å². The number of hydrogen-bond acceptors (Lipinski definition) is 2. The van der Waals surface area contributed by atoms with Crippen molar-refractivity contribution in [3.8, 4) is 0 Å². The second-order valence-electron chi connectivity index (χ2n) is 3.14. The maximum atomic E-state index is 12.7. The lowest BCUT2D eigenvalue weighted by Gasteiger charge is -2.19. The first kappa shape index (κ1) is 10.6. The smallest absolute Gasteiger partial charge is 0.328 e. The maximum absolute atomic E-state index is 12.7. The number of carboxylic acid groups (broad SMARTS) is 1. The minimum absolute atomic E-state index is 0.0175. The lowest BCUT2D eigenvalue weighted by molar-refractivity contribution is -0.143. The average molecular weight is 201 g/mol. The Labute approximate surface area is 79.2 Å². The Morgan fingerprint density at radius 2 is 2.00 bits per heavy atom. The van der Waals surface area contributed by atoms with Crippen LogP contribution in [0, 0.1) is 11.6 Å². The molecule has 0 saturated heterocycles. The quantitative estimate of drug-likeness (QED) is 0.756. The number of rotatable bonds is 2. The highest BCUT2D eigenvalue weighted by molar-refractivity contribution is 5.79. The summed E-state index contributed by atoms with van der Waals surface area (Å²) in [5.41, 5.74) is 3.71. The predicted molar refractivity (Wildman–Crippen MR) is 45.5 cm³/mol. The molecule has 3 nitrogen and oxygen atoms in total. The normalized spacial score (nSPS) is 14.9. The highest BCUT2D eigenvalue weighted by Crippen LogP contribution is 2.20. The van der Waals surface area contributed by atoms with Crippen LogP contribution in [0.3, 0.4) is 0 Å². The summed E-state index contributed by atoms with van der Waals surface area (Å²) in [4.78, 5) is 10.7. The Bertz CT molecular complexity index is 377. The topological polar surface area (TPSA) is 63.3 Å². The number of aliphatic carboxylic acids is 1. The van der Waals surface area contributed by atoms with Gasteiger partial charge in [0.05, 0.1) is 0 Å². The first-order chi connectivity index (χ1) is 6.35. The van der Waals surface area contributed by atoms with Gasteiger partial charge in [-0.15, -0.1) is 0 Å². The second kappa shape index (κ2) is 3.34. The molecule has 0 spiro atoms. The van der Waals surface area contributed by atoms with Crippen LogP contribution in [0.15, 0.2) is 18.2 Å². The summed E-state index contributed by atoms with van der Waals surface area (Å²) in [5, 5.41) is 8.71. The van der Waals surface area contributed by atoms with E-state index < -0.39 is 23.1 Å². The first-order valence-electron chi connectivity index (χ1n) is 3.83. The van der Waals surface area contributed by atoms with Crippen molar-refractivity contribution in [1.29, 1.82) is 0 Å². The monoisotopic (exact) mass is 201 g/mol. The Hall–Kier alpha value is -1.49.